The van der Waals surface area contributed by atoms with Gasteiger partial charge in [0.2, 0.25) is 0 Å². The van der Waals surface area contributed by atoms with Crippen LogP contribution in [-0.4, -0.2) is 42.4 Å². The predicted octanol–water partition coefficient (Wildman–Crippen LogP) is 1.19. The minimum atomic E-state index is -0.618. The van der Waals surface area contributed by atoms with Crippen molar-refractivity contribution in [3.63, 3.8) is 0 Å². The largest absolute Gasteiger partial charge is 0.396 e. The molecule has 1 fully saturated rings. The first-order chi connectivity index (χ1) is 5.83. The van der Waals surface area contributed by atoms with E-state index >= 15 is 0 Å². The molecule has 0 radical (unpaired) electrons. The van der Waals surface area contributed by atoms with E-state index < -0.39 is 6.17 Å². The molecule has 0 bridgehead atoms. The van der Waals surface area contributed by atoms with Crippen molar-refractivity contribution < 1.29 is 9.50 Å². The number of halogens is 1. The number of piperidine rings is 1. The maximum Gasteiger partial charge on any atom is 0.113 e. The maximum atomic E-state index is 12.9. The molecule has 1 unspecified atom stereocenters. The second-order valence-corrected chi connectivity index (χ2v) is 3.47. The number of hydrogen-bond donors (Lipinski definition) is 1. The van der Waals surface area contributed by atoms with E-state index in [9.17, 15) is 4.39 Å². The number of unbranched alkanes of at least 4 members (excludes halogenated alkanes) is 1. The van der Waals surface area contributed by atoms with Gasteiger partial charge in [-0.2, -0.15) is 0 Å². The Morgan fingerprint density at radius 2 is 2.25 bits per heavy atom. The van der Waals surface area contributed by atoms with E-state index in [-0.39, 0.29) is 6.61 Å². The van der Waals surface area contributed by atoms with Gasteiger partial charge in [-0.25, -0.2) is 4.39 Å². The number of aliphatic hydroxyl groups is 1. The predicted molar refractivity (Wildman–Crippen MR) is 46.9 cm³/mol. The van der Waals surface area contributed by atoms with E-state index in [4.69, 9.17) is 5.11 Å². The zero-order valence-electron chi connectivity index (χ0n) is 7.51. The molecule has 3 heteroatoms. The third-order valence-electron chi connectivity index (χ3n) is 2.33. The van der Waals surface area contributed by atoms with Crippen LogP contribution in [0, 0.1) is 0 Å². The minimum absolute atomic E-state index is 0.257. The van der Waals surface area contributed by atoms with Gasteiger partial charge < -0.3 is 10.0 Å². The fourth-order valence-electron chi connectivity index (χ4n) is 1.65. The van der Waals surface area contributed by atoms with Gasteiger partial charge in [0, 0.05) is 13.2 Å². The average molecular weight is 175 g/mol. The van der Waals surface area contributed by atoms with E-state index in [0.717, 1.165) is 38.8 Å². The van der Waals surface area contributed by atoms with E-state index in [0.29, 0.717) is 6.54 Å². The summed E-state index contributed by atoms with van der Waals surface area (Å²) in [6.45, 7) is 2.84. The molecule has 72 valence electrons. The van der Waals surface area contributed by atoms with Gasteiger partial charge in [-0.3, -0.25) is 0 Å². The normalized spacial score (nSPS) is 26.0. The van der Waals surface area contributed by atoms with E-state index in [2.05, 4.69) is 4.90 Å². The highest BCUT2D eigenvalue weighted by Gasteiger charge is 2.17. The fourth-order valence-corrected chi connectivity index (χ4v) is 1.65. The van der Waals surface area contributed by atoms with Crippen molar-refractivity contribution in [2.75, 3.05) is 26.2 Å². The third kappa shape index (κ3) is 3.50. The minimum Gasteiger partial charge on any atom is -0.396 e. The van der Waals surface area contributed by atoms with Crippen LogP contribution in [0.1, 0.15) is 25.7 Å². The van der Waals surface area contributed by atoms with Crippen LogP contribution in [0.2, 0.25) is 0 Å². The van der Waals surface area contributed by atoms with Gasteiger partial charge in [-0.15, -0.1) is 0 Å². The van der Waals surface area contributed by atoms with Crippen molar-refractivity contribution in [2.45, 2.75) is 31.9 Å². The molecule has 1 saturated heterocycles. The number of nitrogens with zero attached hydrogens (tertiary/aromatic N) is 1. The number of aliphatic hydroxyl groups excluding tert-OH is 1. The molecule has 0 aromatic carbocycles. The Morgan fingerprint density at radius 3 is 2.92 bits per heavy atom. The molecule has 1 N–H and O–H groups in total. The summed E-state index contributed by atoms with van der Waals surface area (Å²) in [5.74, 6) is 0. The van der Waals surface area contributed by atoms with Crippen molar-refractivity contribution in [3.8, 4) is 0 Å². The molecule has 2 nitrogen and oxygen atoms in total. The Bertz CT molecular complexity index is 121. The molecule has 0 amide bonds. The summed E-state index contributed by atoms with van der Waals surface area (Å²) in [5, 5.41) is 8.56. The van der Waals surface area contributed by atoms with Gasteiger partial charge in [-0.05, 0) is 38.8 Å². The Kier molecular flexibility index (Phi) is 4.54. The van der Waals surface area contributed by atoms with Crippen LogP contribution in [-0.2, 0) is 0 Å². The summed E-state index contributed by atoms with van der Waals surface area (Å²) in [6.07, 6.45) is 2.93. The summed E-state index contributed by atoms with van der Waals surface area (Å²) in [7, 11) is 0. The second-order valence-electron chi connectivity index (χ2n) is 3.47. The standard InChI is InChI=1S/C9H18FNO/c10-9-4-3-6-11(8-9)5-1-2-7-12/h9,12H,1-8H2. The molecule has 0 aromatic rings. The molecule has 0 aromatic heterocycles. The quantitative estimate of drug-likeness (QED) is 0.649. The number of hydrogen-bond acceptors (Lipinski definition) is 2. The van der Waals surface area contributed by atoms with Crippen molar-refractivity contribution in [2.24, 2.45) is 0 Å². The van der Waals surface area contributed by atoms with Crippen LogP contribution >= 0.6 is 0 Å². The average Bonchev–Trinajstić information content (AvgIpc) is 2.05. The lowest BCUT2D eigenvalue weighted by Gasteiger charge is -2.28. The van der Waals surface area contributed by atoms with Crippen LogP contribution < -0.4 is 0 Å². The lowest BCUT2D eigenvalue weighted by atomic mass is 10.1. The highest BCUT2D eigenvalue weighted by molar-refractivity contribution is 4.71. The summed E-state index contributed by atoms with van der Waals surface area (Å²) < 4.78 is 12.9. The molecule has 1 aliphatic heterocycles. The molecule has 0 saturated carbocycles. The second kappa shape index (κ2) is 5.49. The first-order valence-corrected chi connectivity index (χ1v) is 4.80. The van der Waals surface area contributed by atoms with E-state index in [1.807, 2.05) is 0 Å². The van der Waals surface area contributed by atoms with Crippen LogP contribution in [0.5, 0.6) is 0 Å². The maximum absolute atomic E-state index is 12.9. The van der Waals surface area contributed by atoms with Gasteiger partial charge in [0.25, 0.3) is 0 Å². The van der Waals surface area contributed by atoms with Gasteiger partial charge >= 0.3 is 0 Å². The Morgan fingerprint density at radius 1 is 1.42 bits per heavy atom. The molecular weight excluding hydrogens is 157 g/mol. The molecule has 12 heavy (non-hydrogen) atoms. The van der Waals surface area contributed by atoms with Gasteiger partial charge in [0.1, 0.15) is 6.17 Å². The van der Waals surface area contributed by atoms with Crippen molar-refractivity contribution in [1.29, 1.82) is 0 Å². The highest BCUT2D eigenvalue weighted by atomic mass is 19.1. The summed E-state index contributed by atoms with van der Waals surface area (Å²) in [6, 6.07) is 0. The fraction of sp³-hybridized carbons (Fsp3) is 1.00. The Hall–Kier alpha value is -0.150. The monoisotopic (exact) mass is 175 g/mol. The topological polar surface area (TPSA) is 23.5 Å². The molecule has 1 atom stereocenters. The molecular formula is C9H18FNO. The lowest BCUT2D eigenvalue weighted by molar-refractivity contribution is 0.134. The van der Waals surface area contributed by atoms with Gasteiger partial charge in [0.05, 0.1) is 0 Å². The lowest BCUT2D eigenvalue weighted by Crippen LogP contribution is -2.36. The zero-order valence-corrected chi connectivity index (χ0v) is 7.51. The molecule has 1 rings (SSSR count). The van der Waals surface area contributed by atoms with Gasteiger partial charge in [-0.1, -0.05) is 0 Å². The number of likely N-dealkylation sites (tertiary alicyclic amines) is 1. The summed E-state index contributed by atoms with van der Waals surface area (Å²) in [4.78, 5) is 2.16. The molecule has 0 aliphatic carbocycles. The molecule has 0 spiro atoms. The van der Waals surface area contributed by atoms with Gasteiger partial charge in [0.15, 0.2) is 0 Å². The van der Waals surface area contributed by atoms with Crippen LogP contribution in [0.3, 0.4) is 0 Å². The molecule has 1 aliphatic rings. The summed E-state index contributed by atoms with van der Waals surface area (Å²) >= 11 is 0. The van der Waals surface area contributed by atoms with E-state index in [1.165, 1.54) is 0 Å². The SMILES string of the molecule is OCCCCN1CCCC(F)C1. The number of alkyl halides is 1. The van der Waals surface area contributed by atoms with Crippen LogP contribution in [0.4, 0.5) is 4.39 Å². The first-order valence-electron chi connectivity index (χ1n) is 4.80. The van der Waals surface area contributed by atoms with Crippen molar-refractivity contribution in [1.82, 2.24) is 4.90 Å². The highest BCUT2D eigenvalue weighted by Crippen LogP contribution is 2.12. The van der Waals surface area contributed by atoms with E-state index in [1.54, 1.807) is 0 Å². The first kappa shape index (κ1) is 9.93. The van der Waals surface area contributed by atoms with Crippen molar-refractivity contribution in [3.05, 3.63) is 0 Å². The van der Waals surface area contributed by atoms with Crippen LogP contribution in [0.25, 0.3) is 0 Å². The Labute approximate surface area is 73.4 Å². The van der Waals surface area contributed by atoms with Crippen molar-refractivity contribution >= 4 is 0 Å². The number of rotatable bonds is 4. The van der Waals surface area contributed by atoms with Crippen LogP contribution in [0.15, 0.2) is 0 Å². The smallest absolute Gasteiger partial charge is 0.113 e. The summed E-state index contributed by atoms with van der Waals surface area (Å²) in [5.41, 5.74) is 0. The Balaban J connectivity index is 2.06. The zero-order chi connectivity index (χ0) is 8.81. The third-order valence-corrected chi connectivity index (χ3v) is 2.33. The molecule has 1 heterocycles.